The molecule has 1 aliphatic carbocycles. The third-order valence-electron chi connectivity index (χ3n) is 3.89. The third-order valence-corrected chi connectivity index (χ3v) is 3.89. The van der Waals surface area contributed by atoms with Crippen LogP contribution in [-0.2, 0) is 22.5 Å². The number of fused-ring (bicyclic) bond motifs is 1. The molecule has 3 heteroatoms. The van der Waals surface area contributed by atoms with Crippen molar-refractivity contribution in [2.75, 3.05) is 0 Å². The van der Waals surface area contributed by atoms with Gasteiger partial charge in [-0.3, -0.25) is 4.79 Å². The first-order valence-electron chi connectivity index (χ1n) is 8.03. The van der Waals surface area contributed by atoms with Crippen LogP contribution in [0.2, 0.25) is 0 Å². The lowest BCUT2D eigenvalue weighted by Gasteiger charge is -2.19. The van der Waals surface area contributed by atoms with Gasteiger partial charge in [0.15, 0.2) is 18.9 Å². The van der Waals surface area contributed by atoms with Crippen molar-refractivity contribution < 1.29 is 14.1 Å². The lowest BCUT2D eigenvalue weighted by atomic mass is 10.0. The summed E-state index contributed by atoms with van der Waals surface area (Å²) >= 11 is 0. The Morgan fingerprint density at radius 1 is 1.27 bits per heavy atom. The smallest absolute Gasteiger partial charge is 0.310 e. The normalized spacial score (nSPS) is 15.0. The maximum absolute atomic E-state index is 12.1. The molecule has 1 fully saturated rings. The third kappa shape index (κ3) is 3.85. The van der Waals surface area contributed by atoms with E-state index in [1.165, 1.54) is 18.2 Å². The Morgan fingerprint density at radius 2 is 2.05 bits per heavy atom. The number of pyridine rings is 1. The number of aromatic nitrogens is 1. The Bertz CT molecular complexity index is 696. The van der Waals surface area contributed by atoms with Crippen molar-refractivity contribution in [3.05, 3.63) is 42.2 Å². The molecule has 0 amide bonds. The molecular weight excluding hydrogens is 274 g/mol. The topological polar surface area (TPSA) is 30.2 Å². The molecule has 1 aliphatic rings. The van der Waals surface area contributed by atoms with Gasteiger partial charge in [-0.1, -0.05) is 12.1 Å². The summed E-state index contributed by atoms with van der Waals surface area (Å²) in [5.41, 5.74) is 0.597. The van der Waals surface area contributed by atoms with E-state index in [0.29, 0.717) is 6.42 Å². The number of hydrogen-bond acceptors (Lipinski definition) is 2. The molecule has 1 saturated carbocycles. The summed E-state index contributed by atoms with van der Waals surface area (Å²) in [6.07, 6.45) is 7.33. The van der Waals surface area contributed by atoms with E-state index in [1.54, 1.807) is 0 Å². The summed E-state index contributed by atoms with van der Waals surface area (Å²) in [7, 11) is 0. The fourth-order valence-corrected chi connectivity index (χ4v) is 2.74. The van der Waals surface area contributed by atoms with Crippen molar-refractivity contribution in [1.82, 2.24) is 0 Å². The zero-order valence-electron chi connectivity index (χ0n) is 13.6. The van der Waals surface area contributed by atoms with Crippen molar-refractivity contribution in [3.63, 3.8) is 0 Å². The highest BCUT2D eigenvalue weighted by molar-refractivity contribution is 5.87. The van der Waals surface area contributed by atoms with Crippen molar-refractivity contribution in [2.24, 2.45) is 5.92 Å². The summed E-state index contributed by atoms with van der Waals surface area (Å²) in [4.78, 5) is 12.1. The summed E-state index contributed by atoms with van der Waals surface area (Å²) < 4.78 is 7.69. The van der Waals surface area contributed by atoms with Crippen LogP contribution in [0.4, 0.5) is 0 Å². The molecule has 0 bridgehead atoms. The van der Waals surface area contributed by atoms with Crippen LogP contribution in [-0.4, -0.2) is 11.6 Å². The van der Waals surface area contributed by atoms with Crippen LogP contribution < -0.4 is 4.57 Å². The van der Waals surface area contributed by atoms with Crippen LogP contribution >= 0.6 is 0 Å². The number of carbonyl (C=O) groups is 1. The highest BCUT2D eigenvalue weighted by Gasteiger charge is 2.26. The molecule has 1 heterocycles. The van der Waals surface area contributed by atoms with Gasteiger partial charge in [0, 0.05) is 17.4 Å². The number of rotatable bonds is 4. The molecule has 1 aromatic heterocycles. The van der Waals surface area contributed by atoms with Crippen LogP contribution in [0.25, 0.3) is 10.8 Å². The summed E-state index contributed by atoms with van der Waals surface area (Å²) in [6, 6.07) is 8.26. The molecule has 2 aromatic rings. The van der Waals surface area contributed by atoms with Gasteiger partial charge in [-0.25, -0.2) is 4.57 Å². The Kier molecular flexibility index (Phi) is 3.90. The van der Waals surface area contributed by atoms with Crippen LogP contribution in [0.3, 0.4) is 0 Å². The minimum Gasteiger partial charge on any atom is -0.460 e. The first-order chi connectivity index (χ1) is 10.4. The highest BCUT2D eigenvalue weighted by atomic mass is 16.6. The van der Waals surface area contributed by atoms with Crippen LogP contribution in [0.1, 0.15) is 39.2 Å². The fourth-order valence-electron chi connectivity index (χ4n) is 2.74. The molecule has 3 nitrogen and oxygen atoms in total. The van der Waals surface area contributed by atoms with E-state index < -0.39 is 5.60 Å². The van der Waals surface area contributed by atoms with Gasteiger partial charge in [-0.05, 0) is 50.6 Å². The number of carbonyl (C=O) groups excluding carboxylic acids is 1. The van der Waals surface area contributed by atoms with Gasteiger partial charge in [0.25, 0.3) is 0 Å². The number of ether oxygens (including phenoxy) is 1. The first-order valence-corrected chi connectivity index (χ1v) is 8.03. The Balaban J connectivity index is 1.82. The molecule has 0 saturated heterocycles. The second-order valence-electron chi connectivity index (χ2n) is 7.27. The molecule has 0 N–H and O–H groups in total. The Labute approximate surface area is 131 Å². The van der Waals surface area contributed by atoms with Crippen molar-refractivity contribution in [1.29, 1.82) is 0 Å². The maximum Gasteiger partial charge on any atom is 0.310 e. The highest BCUT2D eigenvalue weighted by Crippen LogP contribution is 2.29. The summed E-state index contributed by atoms with van der Waals surface area (Å²) in [5.74, 6) is 0.683. The number of esters is 1. The zero-order valence-corrected chi connectivity index (χ0v) is 13.6. The molecule has 0 aliphatic heterocycles. The Hall–Kier alpha value is -1.90. The molecule has 0 atom stereocenters. The van der Waals surface area contributed by atoms with E-state index >= 15 is 0 Å². The van der Waals surface area contributed by atoms with Crippen LogP contribution in [0.15, 0.2) is 36.7 Å². The predicted octanol–water partition coefficient (Wildman–Crippen LogP) is 3.42. The number of benzene rings is 1. The van der Waals surface area contributed by atoms with Crippen molar-refractivity contribution >= 4 is 16.7 Å². The summed E-state index contributed by atoms with van der Waals surface area (Å²) in [6.45, 7) is 6.80. The van der Waals surface area contributed by atoms with Crippen LogP contribution in [0, 0.1) is 5.92 Å². The second-order valence-corrected chi connectivity index (χ2v) is 7.27. The SMILES string of the molecule is CC(C)(C)OC(=O)Cc1cccc2c[n+](CC3CC3)ccc12. The largest absolute Gasteiger partial charge is 0.460 e. The van der Waals surface area contributed by atoms with E-state index in [-0.39, 0.29) is 5.97 Å². The molecule has 3 rings (SSSR count). The Morgan fingerprint density at radius 3 is 2.73 bits per heavy atom. The van der Waals surface area contributed by atoms with E-state index in [2.05, 4.69) is 29.1 Å². The lowest BCUT2D eigenvalue weighted by molar-refractivity contribution is -0.698. The van der Waals surface area contributed by atoms with Gasteiger partial charge in [0.1, 0.15) is 5.60 Å². The second kappa shape index (κ2) is 5.71. The first kappa shape index (κ1) is 15.0. The quantitative estimate of drug-likeness (QED) is 0.639. The average molecular weight is 298 g/mol. The molecule has 0 spiro atoms. The van der Waals surface area contributed by atoms with Crippen molar-refractivity contribution in [3.8, 4) is 0 Å². The van der Waals surface area contributed by atoms with Gasteiger partial charge in [-0.15, -0.1) is 0 Å². The van der Waals surface area contributed by atoms with E-state index in [0.717, 1.165) is 23.4 Å². The summed E-state index contributed by atoms with van der Waals surface area (Å²) in [5, 5.41) is 2.32. The zero-order chi connectivity index (χ0) is 15.7. The minimum atomic E-state index is -0.436. The van der Waals surface area contributed by atoms with Gasteiger partial charge in [-0.2, -0.15) is 0 Å². The molecular formula is C19H24NO2+. The number of hydrogen-bond donors (Lipinski definition) is 0. The molecule has 0 radical (unpaired) electrons. The van der Waals surface area contributed by atoms with E-state index in [9.17, 15) is 4.79 Å². The molecule has 1 aromatic carbocycles. The lowest BCUT2D eigenvalue weighted by Crippen LogP contribution is -2.33. The number of nitrogens with zero attached hydrogens (tertiary/aromatic N) is 1. The van der Waals surface area contributed by atoms with E-state index in [1.807, 2.05) is 32.9 Å². The van der Waals surface area contributed by atoms with Crippen LogP contribution in [0.5, 0.6) is 0 Å². The minimum absolute atomic E-state index is 0.172. The monoisotopic (exact) mass is 298 g/mol. The van der Waals surface area contributed by atoms with Gasteiger partial charge < -0.3 is 4.74 Å². The predicted molar refractivity (Wildman–Crippen MR) is 86.4 cm³/mol. The van der Waals surface area contributed by atoms with Gasteiger partial charge in [0.05, 0.1) is 6.42 Å². The standard InChI is InChI=1S/C19H24NO2/c1-19(2,3)22-18(21)11-15-5-4-6-16-13-20(10-9-17(15)16)12-14-7-8-14/h4-6,9-10,13-14H,7-8,11-12H2,1-3H3/q+1. The maximum atomic E-state index is 12.1. The van der Waals surface area contributed by atoms with Crippen molar-refractivity contribution in [2.45, 2.75) is 52.2 Å². The molecule has 0 unspecified atom stereocenters. The molecule has 116 valence electrons. The average Bonchev–Trinajstić information content (AvgIpc) is 3.20. The van der Waals surface area contributed by atoms with Gasteiger partial charge in [0.2, 0.25) is 0 Å². The van der Waals surface area contributed by atoms with E-state index in [4.69, 9.17) is 4.74 Å². The van der Waals surface area contributed by atoms with Gasteiger partial charge >= 0.3 is 5.97 Å². The fraction of sp³-hybridized carbons (Fsp3) is 0.474. The molecule has 22 heavy (non-hydrogen) atoms.